The van der Waals surface area contributed by atoms with E-state index in [1.54, 1.807) is 6.92 Å². The second-order valence-electron chi connectivity index (χ2n) is 2.81. The number of nitrogens with zero attached hydrogens (tertiary/aromatic N) is 2. The smallest absolute Gasteiger partial charge is 0.258 e. The van der Waals surface area contributed by atoms with Gasteiger partial charge in [-0.1, -0.05) is 5.16 Å². The van der Waals surface area contributed by atoms with Gasteiger partial charge in [-0.25, -0.2) is 0 Å². The fourth-order valence-electron chi connectivity index (χ4n) is 1.22. The minimum absolute atomic E-state index is 0.0588. The van der Waals surface area contributed by atoms with Crippen molar-refractivity contribution >= 4 is 25.2 Å². The topological polar surface area (TPSA) is 85.0 Å². The molecule has 8 heteroatoms. The molecule has 1 atom stereocenters. The van der Waals surface area contributed by atoms with E-state index in [-0.39, 0.29) is 17.3 Å². The molecule has 0 saturated heterocycles. The van der Waals surface area contributed by atoms with E-state index in [2.05, 4.69) is 5.16 Å². The first kappa shape index (κ1) is 12.4. The Morgan fingerprint density at radius 2 is 2.47 bits per heavy atom. The van der Waals surface area contributed by atoms with Gasteiger partial charge in [0.2, 0.25) is 0 Å². The largest absolute Gasteiger partial charge is 0.410 e. The lowest BCUT2D eigenvalue weighted by Gasteiger charge is -2.09. The Morgan fingerprint density at radius 3 is 2.93 bits per heavy atom. The highest BCUT2D eigenvalue weighted by molar-refractivity contribution is 7.72. The molecule has 84 valence electrons. The highest BCUT2D eigenvalue weighted by Gasteiger charge is 2.37. The molecule has 0 amide bonds. The van der Waals surface area contributed by atoms with Gasteiger partial charge in [0.05, 0.1) is 31.4 Å². The van der Waals surface area contributed by atoms with E-state index in [4.69, 9.17) is 21.3 Å². The van der Waals surface area contributed by atoms with E-state index in [1.807, 2.05) is 0 Å². The Morgan fingerprint density at radius 1 is 1.80 bits per heavy atom. The SMILES string of the molecule is CC1=C([N+](=O)[O-])CP(OCCCl)C1=NO. The molecule has 0 radical (unpaired) electrons. The van der Waals surface area contributed by atoms with Crippen molar-refractivity contribution in [3.8, 4) is 0 Å². The Balaban J connectivity index is 2.81. The summed E-state index contributed by atoms with van der Waals surface area (Å²) >= 11 is 5.44. The van der Waals surface area contributed by atoms with Crippen molar-refractivity contribution in [3.63, 3.8) is 0 Å². The van der Waals surface area contributed by atoms with Gasteiger partial charge in [0.25, 0.3) is 5.70 Å². The van der Waals surface area contributed by atoms with Crippen LogP contribution in [-0.4, -0.2) is 34.2 Å². The molecule has 0 aromatic carbocycles. The first-order valence-electron chi connectivity index (χ1n) is 4.14. The predicted octanol–water partition coefficient (Wildman–Crippen LogP) is 1.99. The van der Waals surface area contributed by atoms with Crippen molar-refractivity contribution in [2.24, 2.45) is 5.16 Å². The maximum Gasteiger partial charge on any atom is 0.258 e. The molecule has 0 saturated carbocycles. The predicted molar refractivity (Wildman–Crippen MR) is 57.4 cm³/mol. The summed E-state index contributed by atoms with van der Waals surface area (Å²) in [5.74, 6) is 0.310. The molecule has 0 aliphatic carbocycles. The molecule has 0 fully saturated rings. The Bertz CT molecular complexity index is 331. The summed E-state index contributed by atoms with van der Waals surface area (Å²) in [5.41, 5.74) is 0.730. The molecule has 1 unspecified atom stereocenters. The Labute approximate surface area is 92.5 Å². The van der Waals surface area contributed by atoms with Crippen molar-refractivity contribution < 1.29 is 14.7 Å². The molecule has 0 spiro atoms. The average Bonchev–Trinajstić information content (AvgIpc) is 2.52. The molecule has 1 aliphatic heterocycles. The summed E-state index contributed by atoms with van der Waals surface area (Å²) in [6, 6.07) is 0. The number of hydrogen-bond acceptors (Lipinski definition) is 5. The summed E-state index contributed by atoms with van der Waals surface area (Å²) in [6.07, 6.45) is 0.185. The molecule has 1 rings (SSSR count). The minimum Gasteiger partial charge on any atom is -0.410 e. The van der Waals surface area contributed by atoms with Gasteiger partial charge in [0.15, 0.2) is 0 Å². The zero-order valence-electron chi connectivity index (χ0n) is 8.01. The van der Waals surface area contributed by atoms with Crippen molar-refractivity contribution in [2.75, 3.05) is 18.6 Å². The molecule has 1 heterocycles. The van der Waals surface area contributed by atoms with Crippen LogP contribution in [0.3, 0.4) is 0 Å². The second kappa shape index (κ2) is 5.39. The maximum atomic E-state index is 10.6. The van der Waals surface area contributed by atoms with Crippen molar-refractivity contribution in [1.82, 2.24) is 0 Å². The minimum atomic E-state index is -1.23. The monoisotopic (exact) mass is 252 g/mol. The zero-order valence-corrected chi connectivity index (χ0v) is 9.66. The van der Waals surface area contributed by atoms with Gasteiger partial charge < -0.3 is 9.73 Å². The highest BCUT2D eigenvalue weighted by Crippen LogP contribution is 2.49. The van der Waals surface area contributed by atoms with Gasteiger partial charge in [-0.2, -0.15) is 0 Å². The van der Waals surface area contributed by atoms with Crippen LogP contribution in [0.4, 0.5) is 0 Å². The summed E-state index contributed by atoms with van der Waals surface area (Å²) in [5, 5.41) is 22.4. The van der Waals surface area contributed by atoms with Crippen LogP contribution in [0, 0.1) is 10.1 Å². The lowest BCUT2D eigenvalue weighted by Crippen LogP contribution is -2.00. The molecule has 15 heavy (non-hydrogen) atoms. The number of hydrogen-bond donors (Lipinski definition) is 1. The van der Waals surface area contributed by atoms with Crippen molar-refractivity contribution in [2.45, 2.75) is 6.92 Å². The van der Waals surface area contributed by atoms with Gasteiger partial charge in [0.1, 0.15) is 5.45 Å². The van der Waals surface area contributed by atoms with Crippen LogP contribution < -0.4 is 0 Å². The highest BCUT2D eigenvalue weighted by atomic mass is 35.5. The quantitative estimate of drug-likeness (QED) is 0.273. The molecule has 0 aromatic rings. The zero-order chi connectivity index (χ0) is 11.4. The summed E-state index contributed by atoms with van der Waals surface area (Å²) < 4.78 is 5.30. The van der Waals surface area contributed by atoms with Crippen molar-refractivity contribution in [3.05, 3.63) is 21.4 Å². The number of halogens is 1. The van der Waals surface area contributed by atoms with E-state index < -0.39 is 13.1 Å². The van der Waals surface area contributed by atoms with Crippen molar-refractivity contribution in [1.29, 1.82) is 0 Å². The molecular weight excluding hydrogens is 243 g/mol. The molecule has 1 aliphatic rings. The van der Waals surface area contributed by atoms with Gasteiger partial charge in [-0.3, -0.25) is 10.1 Å². The third kappa shape index (κ3) is 2.65. The van der Waals surface area contributed by atoms with Crippen LogP contribution in [-0.2, 0) is 4.52 Å². The lowest BCUT2D eigenvalue weighted by atomic mass is 10.3. The van der Waals surface area contributed by atoms with E-state index in [9.17, 15) is 10.1 Å². The van der Waals surface area contributed by atoms with Crippen LogP contribution in [0.25, 0.3) is 0 Å². The summed E-state index contributed by atoms with van der Waals surface area (Å²) in [4.78, 5) is 10.2. The lowest BCUT2D eigenvalue weighted by molar-refractivity contribution is -0.424. The fourth-order valence-corrected chi connectivity index (χ4v) is 3.30. The first-order valence-corrected chi connectivity index (χ1v) is 6.12. The molecule has 0 aromatic heterocycles. The molecular formula is C7H10ClN2O4P. The standard InChI is InChI=1S/C7H10ClN2O4P/c1-5-6(10(12)13)4-15(7(5)9-11)14-3-2-8/h11H,2-4H2,1H3. The van der Waals surface area contributed by atoms with E-state index in [1.165, 1.54) is 0 Å². The second-order valence-corrected chi connectivity index (χ2v) is 4.94. The van der Waals surface area contributed by atoms with Gasteiger partial charge in [-0.15, -0.1) is 11.6 Å². The normalized spacial score (nSPS) is 23.9. The number of rotatable bonds is 4. The van der Waals surface area contributed by atoms with Crippen LogP contribution in [0.2, 0.25) is 0 Å². The Kier molecular flexibility index (Phi) is 4.45. The fraction of sp³-hybridized carbons (Fsp3) is 0.571. The van der Waals surface area contributed by atoms with Gasteiger partial charge in [-0.05, 0) is 6.92 Å². The average molecular weight is 253 g/mol. The van der Waals surface area contributed by atoms with Crippen LogP contribution >= 0.6 is 19.7 Å². The summed E-state index contributed by atoms with van der Waals surface area (Å²) in [7, 11) is -1.23. The number of nitro groups is 1. The Hall–Kier alpha value is -0.710. The third-order valence-electron chi connectivity index (χ3n) is 1.94. The number of alkyl halides is 1. The van der Waals surface area contributed by atoms with Crippen LogP contribution in [0.1, 0.15) is 6.92 Å². The summed E-state index contributed by atoms with van der Waals surface area (Å²) in [6.45, 7) is 1.85. The number of oxime groups is 1. The van der Waals surface area contributed by atoms with Crippen LogP contribution in [0.15, 0.2) is 16.4 Å². The van der Waals surface area contributed by atoms with Gasteiger partial charge in [0, 0.05) is 5.88 Å². The third-order valence-corrected chi connectivity index (χ3v) is 4.07. The van der Waals surface area contributed by atoms with Gasteiger partial charge >= 0.3 is 0 Å². The molecule has 6 nitrogen and oxygen atoms in total. The van der Waals surface area contributed by atoms with E-state index >= 15 is 0 Å². The molecule has 1 N–H and O–H groups in total. The maximum absolute atomic E-state index is 10.6. The number of allylic oxidation sites excluding steroid dienone is 2. The van der Waals surface area contributed by atoms with E-state index in [0.29, 0.717) is 18.1 Å². The first-order chi connectivity index (χ1) is 7.11. The van der Waals surface area contributed by atoms with E-state index in [0.717, 1.165) is 0 Å². The van der Waals surface area contributed by atoms with Crippen LogP contribution in [0.5, 0.6) is 0 Å². The molecule has 0 bridgehead atoms.